The number of hydrogen-bond acceptors (Lipinski definition) is 1. The van der Waals surface area contributed by atoms with Gasteiger partial charge in [0, 0.05) is 27.6 Å². The van der Waals surface area contributed by atoms with Gasteiger partial charge in [-0.15, -0.1) is 5.73 Å². The van der Waals surface area contributed by atoms with E-state index < -0.39 is 0 Å². The van der Waals surface area contributed by atoms with Crippen molar-refractivity contribution in [2.75, 3.05) is 0 Å². The standard InChI is InChI=1S/C39H26N2.2C2H6/c1-4-31-36(24-13-5-9-20(24)2)38-33-21(3)25-14-6-10-22-11-7-16-27(34(22)25)28(33)18-29-37-32(41(31)39(29)38)19-40-30-17-23-12-8-15-26(23)35(30)37;2*1-2/h4,6-7,9-11,13-14,16-19,26H,1,3,8,12,15H2,2H3;2*1-2H3. The van der Waals surface area contributed by atoms with Gasteiger partial charge in [0.1, 0.15) is 0 Å². The second-order valence-electron chi connectivity index (χ2n) is 12.1. The van der Waals surface area contributed by atoms with E-state index in [0.717, 1.165) is 10.9 Å². The van der Waals surface area contributed by atoms with Gasteiger partial charge in [-0.05, 0) is 111 Å². The molecule has 220 valence electrons. The molecule has 3 heterocycles. The summed E-state index contributed by atoms with van der Waals surface area (Å²) >= 11 is 0. The third kappa shape index (κ3) is 3.38. The van der Waals surface area contributed by atoms with Gasteiger partial charge in [-0.2, -0.15) is 0 Å². The van der Waals surface area contributed by atoms with E-state index in [1.54, 1.807) is 5.57 Å². The third-order valence-corrected chi connectivity index (χ3v) is 10.2. The number of nitrogens with zero attached hydrogens (tertiary/aromatic N) is 2. The molecule has 7 aromatic rings. The van der Waals surface area contributed by atoms with E-state index >= 15 is 0 Å². The van der Waals surface area contributed by atoms with Crippen molar-refractivity contribution >= 4 is 83.8 Å². The van der Waals surface area contributed by atoms with E-state index in [2.05, 4.69) is 90.5 Å². The molecule has 1 fully saturated rings. The van der Waals surface area contributed by atoms with Crippen LogP contribution >= 0.6 is 0 Å². The second kappa shape index (κ2) is 10.1. The highest BCUT2D eigenvalue weighted by Crippen LogP contribution is 2.53. The van der Waals surface area contributed by atoms with Crippen LogP contribution in [0.3, 0.4) is 0 Å². The molecule has 2 heteroatoms. The van der Waals surface area contributed by atoms with Gasteiger partial charge in [-0.3, -0.25) is 4.98 Å². The lowest BCUT2D eigenvalue weighted by molar-refractivity contribution is 0.800. The molecular formula is C43H38N2. The average Bonchev–Trinajstić information content (AvgIpc) is 3.90. The summed E-state index contributed by atoms with van der Waals surface area (Å²) < 4.78 is 2.45. The van der Waals surface area contributed by atoms with Crippen molar-refractivity contribution in [2.45, 2.75) is 59.8 Å². The number of aromatic nitrogens is 2. The van der Waals surface area contributed by atoms with Gasteiger partial charge in [0.25, 0.3) is 0 Å². The summed E-state index contributed by atoms with van der Waals surface area (Å²) in [7, 11) is 0. The maximum absolute atomic E-state index is 5.07. The Morgan fingerprint density at radius 1 is 0.911 bits per heavy atom. The fraction of sp³-hybridized carbons (Fsp3) is 0.209. The first kappa shape index (κ1) is 27.6. The van der Waals surface area contributed by atoms with Crippen molar-refractivity contribution in [1.29, 1.82) is 0 Å². The molecule has 0 aliphatic heterocycles. The molecule has 3 aromatic heterocycles. The fourth-order valence-corrected chi connectivity index (χ4v) is 8.60. The molecule has 3 aliphatic rings. The van der Waals surface area contributed by atoms with Crippen LogP contribution in [0.25, 0.3) is 83.8 Å². The summed E-state index contributed by atoms with van der Waals surface area (Å²) in [5, 5.41) is 12.7. The minimum atomic E-state index is 0.487. The third-order valence-electron chi connectivity index (χ3n) is 10.2. The lowest BCUT2D eigenvalue weighted by atomic mass is 9.87. The minimum Gasteiger partial charge on any atom is -0.306 e. The van der Waals surface area contributed by atoms with Gasteiger partial charge < -0.3 is 4.40 Å². The van der Waals surface area contributed by atoms with Crippen LogP contribution in [0, 0.1) is 0 Å². The Hall–Kier alpha value is -4.91. The highest BCUT2D eigenvalue weighted by atomic mass is 14.9. The maximum atomic E-state index is 5.07. The van der Waals surface area contributed by atoms with E-state index in [1.165, 1.54) is 107 Å². The zero-order valence-electron chi connectivity index (χ0n) is 26.9. The molecule has 3 aliphatic carbocycles. The number of allylic oxidation sites excluding steroid dienone is 4. The molecule has 0 N–H and O–H groups in total. The van der Waals surface area contributed by atoms with E-state index in [0.29, 0.717) is 5.92 Å². The normalized spacial score (nSPS) is 16.6. The minimum absolute atomic E-state index is 0.487. The first-order valence-corrected chi connectivity index (χ1v) is 16.6. The first-order valence-electron chi connectivity index (χ1n) is 16.6. The monoisotopic (exact) mass is 582 g/mol. The number of fused-ring (bicyclic) bond motifs is 10. The molecule has 45 heavy (non-hydrogen) atoms. The molecule has 10 rings (SSSR count). The Morgan fingerprint density at radius 3 is 2.42 bits per heavy atom. The van der Waals surface area contributed by atoms with Gasteiger partial charge in [-0.25, -0.2) is 0 Å². The fourth-order valence-electron chi connectivity index (χ4n) is 8.60. The number of pyridine rings is 1. The van der Waals surface area contributed by atoms with Crippen LogP contribution in [0.1, 0.15) is 82.3 Å². The summed E-state index contributed by atoms with van der Waals surface area (Å²) in [4.78, 5) is 5.07. The molecular weight excluding hydrogens is 544 g/mol. The molecule has 0 spiro atoms. The van der Waals surface area contributed by atoms with E-state index in [9.17, 15) is 0 Å². The molecule has 1 unspecified atom stereocenters. The number of hydrogen-bond donors (Lipinski definition) is 0. The quantitative estimate of drug-likeness (QED) is 0.113. The molecule has 2 nitrogen and oxygen atoms in total. The molecule has 0 radical (unpaired) electrons. The number of benzene rings is 4. The van der Waals surface area contributed by atoms with Crippen LogP contribution in [-0.2, 0) is 0 Å². The van der Waals surface area contributed by atoms with Gasteiger partial charge in [-0.1, -0.05) is 82.8 Å². The van der Waals surface area contributed by atoms with Crippen molar-refractivity contribution < 1.29 is 0 Å². The van der Waals surface area contributed by atoms with Crippen molar-refractivity contribution in [2.24, 2.45) is 0 Å². The SMILES string of the molecule is C=Cc1c(C2=C(C)C=C=C2)c2c3c(=C)c4cccc5cccc(c3cc3c6c7c(ncc6n1c32)C=C1CCCC17)c54.CC.CC. The number of rotatable bonds is 2. The Morgan fingerprint density at radius 2 is 1.69 bits per heavy atom. The largest absolute Gasteiger partial charge is 0.306 e. The lowest BCUT2D eigenvalue weighted by Gasteiger charge is -2.15. The van der Waals surface area contributed by atoms with Gasteiger partial charge in [0.05, 0.1) is 28.6 Å². The average molecular weight is 583 g/mol. The van der Waals surface area contributed by atoms with Crippen molar-refractivity contribution in [3.05, 3.63) is 112 Å². The van der Waals surface area contributed by atoms with Crippen LogP contribution in [0.15, 0.2) is 84.3 Å². The first-order chi connectivity index (χ1) is 22.2. The molecule has 1 atom stereocenters. The van der Waals surface area contributed by atoms with Crippen LogP contribution in [0.4, 0.5) is 0 Å². The Labute approximate surface area is 264 Å². The lowest BCUT2D eigenvalue weighted by Crippen LogP contribution is -2.04. The molecule has 1 saturated carbocycles. The zero-order chi connectivity index (χ0) is 31.1. The zero-order valence-corrected chi connectivity index (χ0v) is 26.9. The van der Waals surface area contributed by atoms with Crippen LogP contribution in [0.2, 0.25) is 0 Å². The smallest absolute Gasteiger partial charge is 0.0728 e. The molecule has 4 aromatic carbocycles. The second-order valence-corrected chi connectivity index (χ2v) is 12.1. The summed E-state index contributed by atoms with van der Waals surface area (Å²) in [6, 6.07) is 15.8. The molecule has 0 saturated heterocycles. The van der Waals surface area contributed by atoms with Crippen molar-refractivity contribution in [3.63, 3.8) is 0 Å². The molecule has 0 bridgehead atoms. The van der Waals surface area contributed by atoms with Crippen molar-refractivity contribution in [3.8, 4) is 0 Å². The van der Waals surface area contributed by atoms with Gasteiger partial charge in [0.15, 0.2) is 0 Å². The highest BCUT2D eigenvalue weighted by Gasteiger charge is 2.35. The highest BCUT2D eigenvalue weighted by molar-refractivity contribution is 6.33. The Kier molecular flexibility index (Phi) is 6.17. The molecule has 0 amide bonds. The summed E-state index contributed by atoms with van der Waals surface area (Å²) in [5.41, 5.74) is 14.8. The predicted octanol–water partition coefficient (Wildman–Crippen LogP) is 11.5. The predicted molar refractivity (Wildman–Crippen MR) is 197 cm³/mol. The van der Waals surface area contributed by atoms with E-state index in [4.69, 9.17) is 11.6 Å². The van der Waals surface area contributed by atoms with Crippen molar-refractivity contribution in [1.82, 2.24) is 9.38 Å². The summed E-state index contributed by atoms with van der Waals surface area (Å²) in [6.07, 6.45) is 14.4. The maximum Gasteiger partial charge on any atom is 0.0728 e. The summed E-state index contributed by atoms with van der Waals surface area (Å²) in [6.45, 7) is 19.3. The summed E-state index contributed by atoms with van der Waals surface area (Å²) in [5.74, 6) is 0.487. The van der Waals surface area contributed by atoms with Gasteiger partial charge in [0.2, 0.25) is 0 Å². The van der Waals surface area contributed by atoms with Crippen LogP contribution in [-0.4, -0.2) is 9.38 Å². The Balaban J connectivity index is 0.000000725. The van der Waals surface area contributed by atoms with Crippen LogP contribution in [0.5, 0.6) is 0 Å². The van der Waals surface area contributed by atoms with Gasteiger partial charge >= 0.3 is 0 Å². The van der Waals surface area contributed by atoms with Crippen LogP contribution < -0.4 is 5.22 Å². The van der Waals surface area contributed by atoms with E-state index in [1.807, 2.05) is 33.8 Å². The topological polar surface area (TPSA) is 17.3 Å². The van der Waals surface area contributed by atoms with E-state index in [-0.39, 0.29) is 0 Å². The Bertz CT molecular complexity index is 2570.